The molecule has 1 aliphatic heterocycles. The summed E-state index contributed by atoms with van der Waals surface area (Å²) in [5.41, 5.74) is 4.24. The standard InChI is InChI=1S/C33H27N3O4S/c1-21-6-14-25(15-7-21)39-26-16-12-24(13-17-26)36-31(30(35-33(36)41)27-5-3-4-20-34-27)29-19-18-28(40-29)22-8-10-23(11-9-22)32(37)38-2/h3-20,30-31H,1-2H3,(H,35,41)/t30-,31-/m1/s1. The van der Waals surface area contributed by atoms with Gasteiger partial charge in [0.25, 0.3) is 0 Å². The van der Waals surface area contributed by atoms with Gasteiger partial charge in [-0.3, -0.25) is 4.98 Å². The maximum atomic E-state index is 11.9. The Kier molecular flexibility index (Phi) is 7.22. The van der Waals surface area contributed by atoms with Gasteiger partial charge in [-0.2, -0.15) is 0 Å². The van der Waals surface area contributed by atoms with E-state index in [4.69, 9.17) is 26.1 Å². The Morgan fingerprint density at radius 1 is 0.902 bits per heavy atom. The maximum absolute atomic E-state index is 11.9. The van der Waals surface area contributed by atoms with Gasteiger partial charge in [-0.05, 0) is 91.9 Å². The predicted molar refractivity (Wildman–Crippen MR) is 161 cm³/mol. The maximum Gasteiger partial charge on any atom is 0.337 e. The van der Waals surface area contributed by atoms with Gasteiger partial charge in [-0.25, -0.2) is 4.79 Å². The lowest BCUT2D eigenvalue weighted by molar-refractivity contribution is 0.0600. The fraction of sp³-hybridized carbons (Fsp3) is 0.121. The first-order chi connectivity index (χ1) is 20.0. The summed E-state index contributed by atoms with van der Waals surface area (Å²) >= 11 is 5.85. The van der Waals surface area contributed by atoms with Crippen molar-refractivity contribution in [2.75, 3.05) is 12.0 Å². The van der Waals surface area contributed by atoms with Gasteiger partial charge in [0.05, 0.1) is 24.4 Å². The lowest BCUT2D eigenvalue weighted by Crippen LogP contribution is -2.29. The zero-order chi connectivity index (χ0) is 28.3. The molecule has 8 heteroatoms. The summed E-state index contributed by atoms with van der Waals surface area (Å²) < 4.78 is 17.3. The van der Waals surface area contributed by atoms with E-state index in [1.165, 1.54) is 12.7 Å². The smallest absolute Gasteiger partial charge is 0.337 e. The van der Waals surface area contributed by atoms with E-state index in [0.29, 0.717) is 16.4 Å². The average Bonchev–Trinajstić information content (AvgIpc) is 3.63. The van der Waals surface area contributed by atoms with Crippen LogP contribution in [0, 0.1) is 6.92 Å². The van der Waals surface area contributed by atoms with Crippen molar-refractivity contribution in [3.05, 3.63) is 132 Å². The molecule has 6 rings (SSSR count). The normalized spacial score (nSPS) is 16.3. The van der Waals surface area contributed by atoms with E-state index in [0.717, 1.165) is 34.2 Å². The Morgan fingerprint density at radius 2 is 1.61 bits per heavy atom. The number of hydrogen-bond donors (Lipinski definition) is 1. The highest BCUT2D eigenvalue weighted by Gasteiger charge is 2.42. The molecule has 2 atom stereocenters. The minimum absolute atomic E-state index is 0.243. The first kappa shape index (κ1) is 26.3. The third-order valence-electron chi connectivity index (χ3n) is 6.98. The molecule has 0 amide bonds. The second-order valence-corrected chi connectivity index (χ2v) is 10.1. The Bertz CT molecular complexity index is 1670. The van der Waals surface area contributed by atoms with E-state index in [9.17, 15) is 4.79 Å². The van der Waals surface area contributed by atoms with Crippen LogP contribution in [0.15, 0.2) is 114 Å². The number of anilines is 1. The summed E-state index contributed by atoms with van der Waals surface area (Å²) in [6.45, 7) is 2.04. The molecule has 3 heterocycles. The molecule has 0 radical (unpaired) electrons. The number of carbonyl (C=O) groups is 1. The van der Waals surface area contributed by atoms with Gasteiger partial charge >= 0.3 is 5.97 Å². The van der Waals surface area contributed by atoms with Gasteiger partial charge in [0, 0.05) is 17.4 Å². The van der Waals surface area contributed by atoms with Crippen molar-refractivity contribution in [1.29, 1.82) is 0 Å². The molecule has 1 N–H and O–H groups in total. The molecule has 0 saturated carbocycles. The second-order valence-electron chi connectivity index (χ2n) is 9.68. The summed E-state index contributed by atoms with van der Waals surface area (Å²) in [6, 6.07) is 32.1. The van der Waals surface area contributed by atoms with Crippen molar-refractivity contribution in [1.82, 2.24) is 10.3 Å². The van der Waals surface area contributed by atoms with Gasteiger partial charge in [0.15, 0.2) is 5.11 Å². The number of benzene rings is 3. The number of rotatable bonds is 7. The Labute approximate surface area is 243 Å². The van der Waals surface area contributed by atoms with Crippen molar-refractivity contribution in [2.45, 2.75) is 19.0 Å². The monoisotopic (exact) mass is 561 g/mol. The molecule has 41 heavy (non-hydrogen) atoms. The van der Waals surface area contributed by atoms with Gasteiger partial charge in [-0.15, -0.1) is 0 Å². The van der Waals surface area contributed by atoms with Crippen molar-refractivity contribution in [3.8, 4) is 22.8 Å². The summed E-state index contributed by atoms with van der Waals surface area (Å²) in [5.74, 6) is 2.52. The molecule has 1 saturated heterocycles. The molecule has 7 nitrogen and oxygen atoms in total. The molecular weight excluding hydrogens is 534 g/mol. The molecule has 0 bridgehead atoms. The van der Waals surface area contributed by atoms with E-state index < -0.39 is 0 Å². The molecule has 0 aliphatic carbocycles. The van der Waals surface area contributed by atoms with Crippen molar-refractivity contribution < 1.29 is 18.7 Å². The van der Waals surface area contributed by atoms with E-state index in [2.05, 4.69) is 10.3 Å². The number of nitrogens with zero attached hydrogens (tertiary/aromatic N) is 2. The van der Waals surface area contributed by atoms with Crippen LogP contribution in [-0.4, -0.2) is 23.2 Å². The summed E-state index contributed by atoms with van der Waals surface area (Å²) in [5, 5.41) is 4.02. The highest BCUT2D eigenvalue weighted by Crippen LogP contribution is 2.43. The van der Waals surface area contributed by atoms with Crippen LogP contribution in [0.4, 0.5) is 5.69 Å². The number of pyridine rings is 1. The van der Waals surface area contributed by atoms with Crippen LogP contribution in [0.3, 0.4) is 0 Å². The topological polar surface area (TPSA) is 76.8 Å². The SMILES string of the molecule is COC(=O)c1ccc(-c2ccc([C@@H]3[C@@H](c4ccccn4)NC(=S)N3c3ccc(Oc4ccc(C)cc4)cc3)o2)cc1. The third-order valence-corrected chi connectivity index (χ3v) is 7.29. The Morgan fingerprint density at radius 3 is 2.27 bits per heavy atom. The minimum atomic E-state index is -0.383. The summed E-state index contributed by atoms with van der Waals surface area (Å²) in [7, 11) is 1.36. The van der Waals surface area contributed by atoms with Crippen molar-refractivity contribution in [3.63, 3.8) is 0 Å². The Balaban J connectivity index is 1.32. The van der Waals surface area contributed by atoms with Crippen LogP contribution < -0.4 is 15.0 Å². The van der Waals surface area contributed by atoms with E-state index in [-0.39, 0.29) is 18.1 Å². The lowest BCUT2D eigenvalue weighted by atomic mass is 10.0. The van der Waals surface area contributed by atoms with Crippen LogP contribution in [0.1, 0.15) is 39.5 Å². The molecule has 1 aliphatic rings. The van der Waals surface area contributed by atoms with Crippen LogP contribution in [0.25, 0.3) is 11.3 Å². The first-order valence-corrected chi connectivity index (χ1v) is 13.5. The predicted octanol–water partition coefficient (Wildman–Crippen LogP) is 7.41. The van der Waals surface area contributed by atoms with Crippen LogP contribution in [0.5, 0.6) is 11.5 Å². The van der Waals surface area contributed by atoms with E-state index in [1.807, 2.05) is 103 Å². The number of thiocarbonyl (C=S) groups is 1. The average molecular weight is 562 g/mol. The minimum Gasteiger partial charge on any atom is -0.465 e. The number of aryl methyl sites for hydroxylation is 1. The van der Waals surface area contributed by atoms with Gasteiger partial charge in [0.1, 0.15) is 29.1 Å². The van der Waals surface area contributed by atoms with Crippen molar-refractivity contribution in [2.24, 2.45) is 0 Å². The number of hydrogen-bond acceptors (Lipinski definition) is 6. The largest absolute Gasteiger partial charge is 0.465 e. The van der Waals surface area contributed by atoms with Crippen LogP contribution in [0.2, 0.25) is 0 Å². The lowest BCUT2D eigenvalue weighted by Gasteiger charge is -2.26. The zero-order valence-corrected chi connectivity index (χ0v) is 23.3. The number of nitrogens with one attached hydrogen (secondary N) is 1. The van der Waals surface area contributed by atoms with Gasteiger partial charge < -0.3 is 24.1 Å². The van der Waals surface area contributed by atoms with E-state index >= 15 is 0 Å². The summed E-state index contributed by atoms with van der Waals surface area (Å²) in [6.07, 6.45) is 1.77. The number of esters is 1. The third kappa shape index (κ3) is 5.42. The van der Waals surface area contributed by atoms with E-state index in [1.54, 1.807) is 18.3 Å². The molecule has 5 aromatic rings. The Hall–Kier alpha value is -4.95. The van der Waals surface area contributed by atoms with Crippen LogP contribution >= 0.6 is 12.2 Å². The molecule has 3 aromatic carbocycles. The van der Waals surface area contributed by atoms with Gasteiger partial charge in [0.2, 0.25) is 0 Å². The number of carbonyl (C=O) groups excluding carboxylic acids is 1. The van der Waals surface area contributed by atoms with Crippen LogP contribution in [-0.2, 0) is 4.74 Å². The number of furan rings is 1. The first-order valence-electron chi connectivity index (χ1n) is 13.1. The fourth-order valence-electron chi connectivity index (χ4n) is 4.89. The number of aromatic nitrogens is 1. The molecule has 0 unspecified atom stereocenters. The highest BCUT2D eigenvalue weighted by atomic mass is 32.1. The number of methoxy groups -OCH3 is 1. The molecular formula is C33H27N3O4S. The fourth-order valence-corrected chi connectivity index (χ4v) is 5.24. The zero-order valence-electron chi connectivity index (χ0n) is 22.5. The molecule has 204 valence electrons. The highest BCUT2D eigenvalue weighted by molar-refractivity contribution is 7.80. The molecule has 0 spiro atoms. The second kappa shape index (κ2) is 11.3. The van der Waals surface area contributed by atoms with Gasteiger partial charge in [-0.1, -0.05) is 35.9 Å². The quantitative estimate of drug-likeness (QED) is 0.163. The van der Waals surface area contributed by atoms with Crippen molar-refractivity contribution >= 4 is 29.0 Å². The molecule has 1 fully saturated rings. The number of ether oxygens (including phenoxy) is 2. The summed E-state index contributed by atoms with van der Waals surface area (Å²) in [4.78, 5) is 18.5. The molecule has 2 aromatic heterocycles.